The maximum atomic E-state index is 12.0. The molecule has 0 aromatic heterocycles. The van der Waals surface area contributed by atoms with Crippen LogP contribution in [0.4, 0.5) is 0 Å². The van der Waals surface area contributed by atoms with Gasteiger partial charge in [-0.15, -0.1) is 0 Å². The Kier molecular flexibility index (Phi) is 5.04. The summed E-state index contributed by atoms with van der Waals surface area (Å²) in [6.45, 7) is 0. The molecule has 2 aromatic carbocycles. The van der Waals surface area contributed by atoms with Gasteiger partial charge in [-0.1, -0.05) is 60.7 Å². The predicted molar refractivity (Wildman–Crippen MR) is 77.5 cm³/mol. The van der Waals surface area contributed by atoms with Crippen LogP contribution in [0.15, 0.2) is 60.7 Å². The van der Waals surface area contributed by atoms with Gasteiger partial charge in [0.1, 0.15) is 6.10 Å². The molecule has 0 heterocycles. The summed E-state index contributed by atoms with van der Waals surface area (Å²) in [5.74, 6) is -0.439. The minimum atomic E-state index is -1.37. The van der Waals surface area contributed by atoms with Crippen LogP contribution in [0.1, 0.15) is 22.3 Å². The van der Waals surface area contributed by atoms with Crippen molar-refractivity contribution in [3.63, 3.8) is 0 Å². The summed E-state index contributed by atoms with van der Waals surface area (Å²) in [4.78, 5) is 12.0. The van der Waals surface area contributed by atoms with Gasteiger partial charge in [-0.3, -0.25) is 4.79 Å². The number of ketones is 1. The van der Waals surface area contributed by atoms with E-state index < -0.39 is 18.0 Å². The van der Waals surface area contributed by atoms with Crippen LogP contribution in [0, 0.1) is 0 Å². The average molecular weight is 270 g/mol. The van der Waals surface area contributed by atoms with Crippen molar-refractivity contribution >= 4 is 5.78 Å². The molecule has 2 aromatic rings. The molecule has 0 aliphatic carbocycles. The molecule has 20 heavy (non-hydrogen) atoms. The van der Waals surface area contributed by atoms with Crippen molar-refractivity contribution in [2.24, 2.45) is 0 Å². The lowest BCUT2D eigenvalue weighted by Crippen LogP contribution is -2.34. The first-order chi connectivity index (χ1) is 9.68. The number of carbonyl (C=O) groups excluding carboxylic acids is 1. The lowest BCUT2D eigenvalue weighted by Gasteiger charge is -2.16. The summed E-state index contributed by atoms with van der Waals surface area (Å²) in [6, 6.07) is 18.2. The summed E-state index contributed by atoms with van der Waals surface area (Å²) in [6.07, 6.45) is -1.45. The largest absolute Gasteiger partial charge is 0.390 e. The number of aliphatic hydroxyl groups excluding tert-OH is 2. The molecule has 0 saturated carbocycles. The molecule has 0 aliphatic rings. The fourth-order valence-electron chi connectivity index (χ4n) is 2.07. The quantitative estimate of drug-likeness (QED) is 0.791. The summed E-state index contributed by atoms with van der Waals surface area (Å²) < 4.78 is 0. The van der Waals surface area contributed by atoms with E-state index in [0.717, 1.165) is 5.56 Å². The van der Waals surface area contributed by atoms with Crippen molar-refractivity contribution in [3.05, 3.63) is 71.8 Å². The number of rotatable bonds is 6. The topological polar surface area (TPSA) is 57.5 Å². The highest BCUT2D eigenvalue weighted by Gasteiger charge is 2.24. The van der Waals surface area contributed by atoms with Gasteiger partial charge in [-0.2, -0.15) is 0 Å². The van der Waals surface area contributed by atoms with Gasteiger partial charge in [0.05, 0.1) is 6.10 Å². The van der Waals surface area contributed by atoms with Gasteiger partial charge in [0.2, 0.25) is 0 Å². The zero-order chi connectivity index (χ0) is 14.4. The normalized spacial score (nSPS) is 13.7. The Bertz CT molecular complexity index is 537. The van der Waals surface area contributed by atoms with E-state index in [1.54, 1.807) is 30.3 Å². The molecule has 2 rings (SSSR count). The number of benzene rings is 2. The van der Waals surface area contributed by atoms with Crippen molar-refractivity contribution in [2.75, 3.05) is 0 Å². The monoisotopic (exact) mass is 270 g/mol. The minimum Gasteiger partial charge on any atom is -0.390 e. The Hall–Kier alpha value is -1.97. The Balaban J connectivity index is 1.92. The lowest BCUT2D eigenvalue weighted by molar-refractivity contribution is 0.0180. The van der Waals surface area contributed by atoms with Crippen molar-refractivity contribution in [1.29, 1.82) is 0 Å². The number of aliphatic hydroxyl groups is 2. The molecule has 3 heteroatoms. The molecule has 3 nitrogen and oxygen atoms in total. The molecule has 0 spiro atoms. The third-order valence-corrected chi connectivity index (χ3v) is 3.26. The van der Waals surface area contributed by atoms with Crippen molar-refractivity contribution in [1.82, 2.24) is 0 Å². The highest BCUT2D eigenvalue weighted by atomic mass is 16.3. The predicted octanol–water partition coefficient (Wildman–Crippen LogP) is 2.22. The van der Waals surface area contributed by atoms with Gasteiger partial charge >= 0.3 is 0 Å². The van der Waals surface area contributed by atoms with Gasteiger partial charge in [-0.25, -0.2) is 0 Å². The summed E-state index contributed by atoms with van der Waals surface area (Å²) in [5, 5.41) is 19.9. The number of Topliss-reactive ketones (excluding diaryl/α,β-unsaturated/α-hetero) is 1. The molecule has 2 N–H and O–H groups in total. The van der Waals surface area contributed by atoms with Crippen molar-refractivity contribution in [2.45, 2.75) is 25.0 Å². The molecule has 0 radical (unpaired) electrons. The third kappa shape index (κ3) is 3.76. The van der Waals surface area contributed by atoms with Gasteiger partial charge in [-0.05, 0) is 18.4 Å². The number of carbonyl (C=O) groups is 1. The van der Waals surface area contributed by atoms with E-state index in [9.17, 15) is 15.0 Å². The number of hydrogen-bond acceptors (Lipinski definition) is 3. The van der Waals surface area contributed by atoms with Gasteiger partial charge in [0.15, 0.2) is 5.78 Å². The number of hydrogen-bond donors (Lipinski definition) is 2. The van der Waals surface area contributed by atoms with Crippen molar-refractivity contribution < 1.29 is 15.0 Å². The molecule has 2 atom stereocenters. The van der Waals surface area contributed by atoms with Crippen LogP contribution in [0.5, 0.6) is 0 Å². The molecule has 0 fully saturated rings. The van der Waals surface area contributed by atoms with Crippen LogP contribution in [-0.4, -0.2) is 28.2 Å². The molecule has 104 valence electrons. The van der Waals surface area contributed by atoms with Crippen LogP contribution < -0.4 is 0 Å². The molecule has 0 amide bonds. The van der Waals surface area contributed by atoms with E-state index >= 15 is 0 Å². The number of aryl methyl sites for hydroxylation is 1. The SMILES string of the molecule is O=C(c1ccccc1)[C@H](O)C(O)CCc1ccccc1. The average Bonchev–Trinajstić information content (AvgIpc) is 2.53. The second-order valence-corrected chi connectivity index (χ2v) is 4.77. The first kappa shape index (κ1) is 14.4. The first-order valence-electron chi connectivity index (χ1n) is 6.68. The van der Waals surface area contributed by atoms with E-state index in [2.05, 4.69) is 0 Å². The molecular formula is C17H18O3. The van der Waals surface area contributed by atoms with E-state index in [1.807, 2.05) is 30.3 Å². The van der Waals surface area contributed by atoms with E-state index in [1.165, 1.54) is 0 Å². The molecule has 1 unspecified atom stereocenters. The van der Waals surface area contributed by atoms with Crippen molar-refractivity contribution in [3.8, 4) is 0 Å². The van der Waals surface area contributed by atoms with Crippen LogP contribution >= 0.6 is 0 Å². The summed E-state index contributed by atoms with van der Waals surface area (Å²) >= 11 is 0. The molecule has 0 saturated heterocycles. The Labute approximate surface area is 118 Å². The molecule has 0 bridgehead atoms. The maximum Gasteiger partial charge on any atom is 0.193 e. The Morgan fingerprint density at radius 1 is 0.900 bits per heavy atom. The van der Waals surface area contributed by atoms with E-state index in [-0.39, 0.29) is 0 Å². The molecule has 0 aliphatic heterocycles. The van der Waals surface area contributed by atoms with Gasteiger partial charge < -0.3 is 10.2 Å². The lowest BCUT2D eigenvalue weighted by atomic mass is 9.98. The van der Waals surface area contributed by atoms with E-state index in [0.29, 0.717) is 18.4 Å². The highest BCUT2D eigenvalue weighted by Crippen LogP contribution is 2.11. The molecular weight excluding hydrogens is 252 g/mol. The fraction of sp³-hybridized carbons (Fsp3) is 0.235. The minimum absolute atomic E-state index is 0.351. The van der Waals surface area contributed by atoms with Crippen LogP contribution in [0.3, 0.4) is 0 Å². The fourth-order valence-corrected chi connectivity index (χ4v) is 2.07. The Morgan fingerprint density at radius 3 is 2.05 bits per heavy atom. The summed E-state index contributed by atoms with van der Waals surface area (Å²) in [7, 11) is 0. The van der Waals surface area contributed by atoms with Crippen LogP contribution in [-0.2, 0) is 6.42 Å². The third-order valence-electron chi connectivity index (χ3n) is 3.26. The van der Waals surface area contributed by atoms with Crippen LogP contribution in [0.2, 0.25) is 0 Å². The highest BCUT2D eigenvalue weighted by molar-refractivity contribution is 5.99. The smallest absolute Gasteiger partial charge is 0.193 e. The van der Waals surface area contributed by atoms with Crippen LogP contribution in [0.25, 0.3) is 0 Å². The second-order valence-electron chi connectivity index (χ2n) is 4.77. The summed E-state index contributed by atoms with van der Waals surface area (Å²) in [5.41, 5.74) is 1.49. The maximum absolute atomic E-state index is 12.0. The zero-order valence-corrected chi connectivity index (χ0v) is 11.1. The standard InChI is InChI=1S/C17H18O3/c18-15(12-11-13-7-3-1-4-8-13)17(20)16(19)14-9-5-2-6-10-14/h1-10,15,17-18,20H,11-12H2/t15?,17-/m1/s1. The van der Waals surface area contributed by atoms with Gasteiger partial charge in [0.25, 0.3) is 0 Å². The first-order valence-corrected chi connectivity index (χ1v) is 6.68. The Morgan fingerprint density at radius 2 is 1.45 bits per heavy atom. The van der Waals surface area contributed by atoms with Gasteiger partial charge in [0, 0.05) is 5.56 Å². The van der Waals surface area contributed by atoms with E-state index in [4.69, 9.17) is 0 Å². The second kappa shape index (κ2) is 6.98. The zero-order valence-electron chi connectivity index (χ0n) is 11.1.